The predicted molar refractivity (Wildman–Crippen MR) is 114 cm³/mol. The Morgan fingerprint density at radius 2 is 1.68 bits per heavy atom. The Balaban J connectivity index is 0.00000192. The number of aliphatic hydroxyl groups excluding tert-OH is 1. The molecule has 1 saturated carbocycles. The van der Waals surface area contributed by atoms with Gasteiger partial charge in [0.25, 0.3) is 0 Å². The molecule has 2 aromatic carbocycles. The van der Waals surface area contributed by atoms with E-state index in [-0.39, 0.29) is 12.3 Å². The lowest BCUT2D eigenvalue weighted by atomic mass is 9.77. The molecule has 0 atom stereocenters. The summed E-state index contributed by atoms with van der Waals surface area (Å²) < 4.78 is 0. The van der Waals surface area contributed by atoms with Crippen molar-refractivity contribution in [3.8, 4) is 32.3 Å². The first-order chi connectivity index (χ1) is 13.3. The molecule has 4 aromatic rings. The first-order valence-corrected chi connectivity index (χ1v) is 9.93. The van der Waals surface area contributed by atoms with Crippen molar-refractivity contribution < 1.29 is 5.11 Å². The Kier molecular flexibility index (Phi) is 5.09. The third-order valence-electron chi connectivity index (χ3n) is 5.18. The second kappa shape index (κ2) is 7.67. The third-order valence-corrected chi connectivity index (χ3v) is 6.33. The van der Waals surface area contributed by atoms with Crippen molar-refractivity contribution in [2.75, 3.05) is 0 Å². The molecular formula is C22H22N4OS. The van der Waals surface area contributed by atoms with E-state index in [1.807, 2.05) is 18.5 Å². The first-order valence-electron chi connectivity index (χ1n) is 9.12. The predicted octanol–water partition coefficient (Wildman–Crippen LogP) is 5.27. The van der Waals surface area contributed by atoms with Gasteiger partial charge in [-0.25, -0.2) is 4.98 Å². The Labute approximate surface area is 167 Å². The molecule has 0 aliphatic heterocycles. The van der Waals surface area contributed by atoms with Crippen LogP contribution < -0.4 is 6.15 Å². The van der Waals surface area contributed by atoms with Crippen LogP contribution in [0, 0.1) is 0 Å². The molecule has 0 unspecified atom stereocenters. The third kappa shape index (κ3) is 3.38. The molecule has 1 aliphatic rings. The maximum absolute atomic E-state index is 9.55. The zero-order valence-corrected chi connectivity index (χ0v) is 16.2. The van der Waals surface area contributed by atoms with Gasteiger partial charge in [-0.2, -0.15) is 5.10 Å². The maximum Gasteiger partial charge on any atom is 0.127 e. The summed E-state index contributed by atoms with van der Waals surface area (Å²) in [6.45, 7) is 0. The summed E-state index contributed by atoms with van der Waals surface area (Å²) in [7, 11) is 0. The van der Waals surface area contributed by atoms with E-state index in [9.17, 15) is 5.11 Å². The highest BCUT2D eigenvalue weighted by Crippen LogP contribution is 2.41. The number of nitrogens with one attached hydrogen (secondary N) is 1. The normalized spacial score (nSPS) is 18.3. The van der Waals surface area contributed by atoms with Crippen molar-refractivity contribution in [3.63, 3.8) is 0 Å². The molecule has 5 rings (SSSR count). The smallest absolute Gasteiger partial charge is 0.127 e. The molecule has 0 amide bonds. The highest BCUT2D eigenvalue weighted by Gasteiger charge is 2.28. The molecule has 0 bridgehead atoms. The fourth-order valence-corrected chi connectivity index (χ4v) is 4.64. The minimum absolute atomic E-state index is 0. The number of aromatic amines is 1. The average molecular weight is 391 g/mol. The van der Waals surface area contributed by atoms with Crippen molar-refractivity contribution in [1.82, 2.24) is 21.3 Å². The highest BCUT2D eigenvalue weighted by atomic mass is 32.1. The Morgan fingerprint density at radius 1 is 0.929 bits per heavy atom. The van der Waals surface area contributed by atoms with Crippen LogP contribution in [-0.2, 0) is 0 Å². The van der Waals surface area contributed by atoms with Gasteiger partial charge in [0.15, 0.2) is 0 Å². The number of aromatic nitrogens is 3. The number of benzene rings is 2. The van der Waals surface area contributed by atoms with Gasteiger partial charge in [0.2, 0.25) is 0 Å². The van der Waals surface area contributed by atoms with Crippen LogP contribution in [0.3, 0.4) is 0 Å². The summed E-state index contributed by atoms with van der Waals surface area (Å²) >= 11 is 1.69. The largest absolute Gasteiger partial charge is 0.393 e. The monoisotopic (exact) mass is 390 g/mol. The molecule has 0 spiro atoms. The van der Waals surface area contributed by atoms with E-state index < -0.39 is 0 Å². The lowest BCUT2D eigenvalue weighted by molar-refractivity contribution is 0.0746. The molecule has 0 saturated heterocycles. The summed E-state index contributed by atoms with van der Waals surface area (Å²) in [5, 5.41) is 17.4. The van der Waals surface area contributed by atoms with Crippen LogP contribution in [0.2, 0.25) is 0 Å². The van der Waals surface area contributed by atoms with Gasteiger partial charge in [-0.1, -0.05) is 54.6 Å². The van der Waals surface area contributed by atoms with Crippen LogP contribution in [0.4, 0.5) is 0 Å². The number of thiazole rings is 1. The number of nitrogens with zero attached hydrogens (tertiary/aromatic N) is 2. The van der Waals surface area contributed by atoms with Gasteiger partial charge >= 0.3 is 0 Å². The fraction of sp³-hybridized carbons (Fsp3) is 0.182. The molecule has 2 heterocycles. The van der Waals surface area contributed by atoms with E-state index in [0.717, 1.165) is 34.7 Å². The Morgan fingerprint density at radius 3 is 2.32 bits per heavy atom. The molecule has 1 aliphatic carbocycles. The van der Waals surface area contributed by atoms with E-state index in [0.29, 0.717) is 5.92 Å². The number of rotatable bonds is 4. The van der Waals surface area contributed by atoms with Crippen molar-refractivity contribution in [2.24, 2.45) is 0 Å². The van der Waals surface area contributed by atoms with Crippen LogP contribution in [0.25, 0.3) is 32.3 Å². The molecule has 6 heteroatoms. The molecule has 28 heavy (non-hydrogen) atoms. The maximum atomic E-state index is 9.55. The van der Waals surface area contributed by atoms with Crippen LogP contribution >= 0.6 is 11.3 Å². The van der Waals surface area contributed by atoms with Gasteiger partial charge in [0.05, 0.1) is 22.9 Å². The van der Waals surface area contributed by atoms with E-state index in [1.165, 1.54) is 16.0 Å². The number of hydrogen-bond acceptors (Lipinski definition) is 5. The van der Waals surface area contributed by atoms with Gasteiger partial charge < -0.3 is 11.3 Å². The van der Waals surface area contributed by atoms with Crippen LogP contribution in [0.15, 0.2) is 67.0 Å². The molecule has 142 valence electrons. The Bertz CT molecular complexity index is 1040. The molecule has 2 aromatic heterocycles. The van der Waals surface area contributed by atoms with Crippen LogP contribution in [0.1, 0.15) is 24.3 Å². The number of aliphatic hydroxyl groups is 1. The topological polar surface area (TPSA) is 96.8 Å². The summed E-state index contributed by atoms with van der Waals surface area (Å²) in [6, 6.07) is 19.1. The SMILES string of the molecule is N.OC1CC(c2ccc(-c3nc(-c4cn[nH]c4)sc3-c3ccccc3)cc2)C1. The van der Waals surface area contributed by atoms with Gasteiger partial charge in [0.1, 0.15) is 5.01 Å². The van der Waals surface area contributed by atoms with Gasteiger partial charge in [-0.3, -0.25) is 5.10 Å². The van der Waals surface area contributed by atoms with Gasteiger partial charge in [-0.15, -0.1) is 11.3 Å². The molecule has 5 nitrogen and oxygen atoms in total. The van der Waals surface area contributed by atoms with Crippen molar-refractivity contribution in [2.45, 2.75) is 24.9 Å². The average Bonchev–Trinajstić information content (AvgIpc) is 3.36. The molecule has 1 fully saturated rings. The van der Waals surface area contributed by atoms with Gasteiger partial charge in [-0.05, 0) is 29.9 Å². The first kappa shape index (κ1) is 18.6. The zero-order valence-electron chi connectivity index (χ0n) is 15.4. The van der Waals surface area contributed by atoms with Gasteiger partial charge in [0, 0.05) is 17.3 Å². The number of hydrogen-bond donors (Lipinski definition) is 3. The second-order valence-electron chi connectivity index (χ2n) is 6.99. The fourth-order valence-electron chi connectivity index (χ4n) is 3.57. The minimum Gasteiger partial charge on any atom is -0.393 e. The van der Waals surface area contributed by atoms with Crippen LogP contribution in [0.5, 0.6) is 0 Å². The lowest BCUT2D eigenvalue weighted by Crippen LogP contribution is -2.26. The number of H-pyrrole nitrogens is 1. The molecule has 0 radical (unpaired) electrons. The summed E-state index contributed by atoms with van der Waals surface area (Å²) in [5.74, 6) is 0.486. The quantitative estimate of drug-likeness (QED) is 0.442. The van der Waals surface area contributed by atoms with Crippen LogP contribution in [-0.4, -0.2) is 26.4 Å². The Hall–Kier alpha value is -2.80. The standard InChI is InChI=1S/C22H19N3OS.H3N/c26-19-10-17(11-19)14-6-8-15(9-7-14)20-21(16-4-2-1-3-5-16)27-22(25-20)18-12-23-24-13-18;/h1-9,12-13,17,19,26H,10-11H2,(H,23,24);1H3. The lowest BCUT2D eigenvalue weighted by Gasteiger charge is -2.31. The highest BCUT2D eigenvalue weighted by molar-refractivity contribution is 7.19. The summed E-state index contributed by atoms with van der Waals surface area (Å²) in [5.41, 5.74) is 5.59. The van der Waals surface area contributed by atoms with E-state index >= 15 is 0 Å². The van der Waals surface area contributed by atoms with Crippen molar-refractivity contribution in [1.29, 1.82) is 0 Å². The van der Waals surface area contributed by atoms with E-state index in [1.54, 1.807) is 11.3 Å². The zero-order chi connectivity index (χ0) is 18.2. The summed E-state index contributed by atoms with van der Waals surface area (Å²) in [4.78, 5) is 6.10. The molecular weight excluding hydrogens is 368 g/mol. The van der Waals surface area contributed by atoms with Crippen molar-refractivity contribution in [3.05, 3.63) is 72.6 Å². The second-order valence-corrected chi connectivity index (χ2v) is 7.99. The van der Waals surface area contributed by atoms with E-state index in [2.05, 4.69) is 58.7 Å². The van der Waals surface area contributed by atoms with E-state index in [4.69, 9.17) is 4.98 Å². The minimum atomic E-state index is -0.129. The summed E-state index contributed by atoms with van der Waals surface area (Å²) in [6.07, 6.45) is 5.30. The van der Waals surface area contributed by atoms with Crippen molar-refractivity contribution >= 4 is 11.3 Å². The molecule has 5 N–H and O–H groups in total.